The van der Waals surface area contributed by atoms with E-state index in [4.69, 9.17) is 9.47 Å². The number of hydrogen-bond acceptors (Lipinski definition) is 6. The Morgan fingerprint density at radius 1 is 0.816 bits per heavy atom. The van der Waals surface area contributed by atoms with Gasteiger partial charge in [-0.1, -0.05) is 42.5 Å². The minimum absolute atomic E-state index is 0.181. The van der Waals surface area contributed by atoms with Gasteiger partial charge < -0.3 is 14.4 Å². The fourth-order valence-corrected chi connectivity index (χ4v) is 5.97. The fraction of sp³-hybridized carbons (Fsp3) is 0.355. The second-order valence-corrected chi connectivity index (χ2v) is 10.3. The number of imide groups is 1. The lowest BCUT2D eigenvalue weighted by Crippen LogP contribution is -2.48. The van der Waals surface area contributed by atoms with Crippen LogP contribution in [0, 0.1) is 5.92 Å². The normalized spacial score (nSPS) is 18.5. The Morgan fingerprint density at radius 3 is 2.24 bits per heavy atom. The maximum Gasteiger partial charge on any atom is 0.263 e. The van der Waals surface area contributed by atoms with Gasteiger partial charge in [-0.3, -0.25) is 19.4 Å². The number of hydrogen-bond donors (Lipinski definition) is 0. The predicted molar refractivity (Wildman–Crippen MR) is 146 cm³/mol. The molecule has 0 bridgehead atoms. The Balaban J connectivity index is 1.20. The smallest absolute Gasteiger partial charge is 0.263 e. The van der Waals surface area contributed by atoms with Crippen LogP contribution in [0.3, 0.4) is 0 Å². The van der Waals surface area contributed by atoms with Crippen LogP contribution in [0.4, 0.5) is 5.69 Å². The first-order chi connectivity index (χ1) is 18.6. The molecule has 38 heavy (non-hydrogen) atoms. The highest BCUT2D eigenvalue weighted by molar-refractivity contribution is 6.23. The highest BCUT2D eigenvalue weighted by Gasteiger charge is 2.40. The van der Waals surface area contributed by atoms with Crippen molar-refractivity contribution in [1.82, 2.24) is 9.80 Å². The molecule has 3 aromatic rings. The second kappa shape index (κ2) is 10.1. The van der Waals surface area contributed by atoms with Gasteiger partial charge in [0.05, 0.1) is 37.6 Å². The summed E-state index contributed by atoms with van der Waals surface area (Å²) in [5.41, 5.74) is 4.07. The molecule has 1 atom stereocenters. The van der Waals surface area contributed by atoms with Crippen molar-refractivity contribution in [3.8, 4) is 11.5 Å². The van der Waals surface area contributed by atoms with Crippen LogP contribution in [0.15, 0.2) is 66.7 Å². The molecule has 7 nitrogen and oxygen atoms in total. The van der Waals surface area contributed by atoms with Crippen molar-refractivity contribution >= 4 is 17.5 Å². The van der Waals surface area contributed by atoms with Crippen LogP contribution in [-0.2, 0) is 6.54 Å². The Labute approximate surface area is 223 Å². The number of benzene rings is 3. The van der Waals surface area contributed by atoms with Crippen molar-refractivity contribution in [2.75, 3.05) is 45.3 Å². The van der Waals surface area contributed by atoms with Crippen LogP contribution in [-0.4, -0.2) is 62.0 Å². The predicted octanol–water partition coefficient (Wildman–Crippen LogP) is 4.77. The summed E-state index contributed by atoms with van der Waals surface area (Å²) in [6, 6.07) is 22.4. The molecule has 0 spiro atoms. The van der Waals surface area contributed by atoms with Gasteiger partial charge in [-0.05, 0) is 54.2 Å². The topological polar surface area (TPSA) is 62.3 Å². The van der Waals surface area contributed by atoms with E-state index in [0.717, 1.165) is 43.3 Å². The zero-order chi connectivity index (χ0) is 26.2. The standard InChI is InChI=1S/C31H33N3O4/c1-37-26-14-11-21(19-27(26)38-2)20-34-30(35)24-9-6-10-25(28(24)31(34)36)32-15-17-33(18-16-32)29(23-12-13-23)22-7-4-3-5-8-22/h3-11,14,19,23,29H,12-13,15-18,20H2,1-2H3. The summed E-state index contributed by atoms with van der Waals surface area (Å²) >= 11 is 0. The van der Waals surface area contributed by atoms with Crippen LogP contribution in [0.5, 0.6) is 11.5 Å². The van der Waals surface area contributed by atoms with E-state index in [0.29, 0.717) is 28.7 Å². The molecule has 2 aliphatic heterocycles. The maximum absolute atomic E-state index is 13.6. The third kappa shape index (κ3) is 4.41. The van der Waals surface area contributed by atoms with Gasteiger partial charge in [0.2, 0.25) is 0 Å². The van der Waals surface area contributed by atoms with E-state index in [-0.39, 0.29) is 18.4 Å². The largest absolute Gasteiger partial charge is 0.493 e. The van der Waals surface area contributed by atoms with Crippen LogP contribution in [0.25, 0.3) is 0 Å². The molecule has 0 radical (unpaired) electrons. The molecule has 0 aromatic heterocycles. The number of rotatable bonds is 8. The Morgan fingerprint density at radius 2 is 1.55 bits per heavy atom. The third-order valence-electron chi connectivity index (χ3n) is 8.02. The lowest BCUT2D eigenvalue weighted by atomic mass is 9.99. The van der Waals surface area contributed by atoms with E-state index in [9.17, 15) is 9.59 Å². The minimum Gasteiger partial charge on any atom is -0.493 e. The Hall–Kier alpha value is -3.84. The van der Waals surface area contributed by atoms with E-state index < -0.39 is 0 Å². The number of ether oxygens (including phenoxy) is 2. The van der Waals surface area contributed by atoms with Crippen molar-refractivity contribution in [1.29, 1.82) is 0 Å². The lowest BCUT2D eigenvalue weighted by Gasteiger charge is -2.41. The van der Waals surface area contributed by atoms with Crippen molar-refractivity contribution in [3.05, 3.63) is 89.0 Å². The molecule has 6 rings (SSSR count). The van der Waals surface area contributed by atoms with E-state index in [2.05, 4.69) is 40.1 Å². The summed E-state index contributed by atoms with van der Waals surface area (Å²) in [4.78, 5) is 33.2. The zero-order valence-electron chi connectivity index (χ0n) is 21.9. The number of methoxy groups -OCH3 is 2. The van der Waals surface area contributed by atoms with Crippen LogP contribution >= 0.6 is 0 Å². The molecule has 0 N–H and O–H groups in total. The van der Waals surface area contributed by atoms with Gasteiger partial charge in [0, 0.05) is 32.2 Å². The molecule has 2 fully saturated rings. The molecule has 1 unspecified atom stereocenters. The van der Waals surface area contributed by atoms with Gasteiger partial charge in [-0.2, -0.15) is 0 Å². The third-order valence-corrected chi connectivity index (χ3v) is 8.02. The number of fused-ring (bicyclic) bond motifs is 1. The first-order valence-corrected chi connectivity index (χ1v) is 13.3. The van der Waals surface area contributed by atoms with E-state index in [1.54, 1.807) is 26.4 Å². The van der Waals surface area contributed by atoms with Gasteiger partial charge in [0.15, 0.2) is 11.5 Å². The first-order valence-electron chi connectivity index (χ1n) is 13.3. The monoisotopic (exact) mass is 511 g/mol. The average Bonchev–Trinajstić information content (AvgIpc) is 3.77. The lowest BCUT2D eigenvalue weighted by molar-refractivity contribution is 0.0642. The summed E-state index contributed by atoms with van der Waals surface area (Å²) in [5, 5.41) is 0. The number of carbonyl (C=O) groups excluding carboxylic acids is 2. The average molecular weight is 512 g/mol. The second-order valence-electron chi connectivity index (χ2n) is 10.3. The molecular formula is C31H33N3O4. The summed E-state index contributed by atoms with van der Waals surface area (Å²) in [6.45, 7) is 3.68. The van der Waals surface area contributed by atoms with Crippen molar-refractivity contribution in [2.24, 2.45) is 5.92 Å². The number of anilines is 1. The zero-order valence-corrected chi connectivity index (χ0v) is 21.9. The van der Waals surface area contributed by atoms with Crippen molar-refractivity contribution < 1.29 is 19.1 Å². The highest BCUT2D eigenvalue weighted by atomic mass is 16.5. The summed E-state index contributed by atoms with van der Waals surface area (Å²) in [5.74, 6) is 1.42. The molecule has 196 valence electrons. The van der Waals surface area contributed by atoms with Gasteiger partial charge in [-0.15, -0.1) is 0 Å². The van der Waals surface area contributed by atoms with Crippen molar-refractivity contribution in [3.63, 3.8) is 0 Å². The molecule has 1 saturated heterocycles. The summed E-state index contributed by atoms with van der Waals surface area (Å²) in [7, 11) is 3.15. The number of piperazine rings is 1. The SMILES string of the molecule is COc1ccc(CN2C(=O)c3cccc(N4CCN(C(c5ccccc5)C5CC5)CC4)c3C2=O)cc1OC. The van der Waals surface area contributed by atoms with Crippen molar-refractivity contribution in [2.45, 2.75) is 25.4 Å². The Kier molecular flexibility index (Phi) is 6.54. The molecule has 1 aliphatic carbocycles. The molecule has 1 saturated carbocycles. The summed E-state index contributed by atoms with van der Waals surface area (Å²) < 4.78 is 10.7. The molecule has 2 heterocycles. The maximum atomic E-state index is 13.6. The van der Waals surface area contributed by atoms with Gasteiger partial charge in [0.25, 0.3) is 11.8 Å². The fourth-order valence-electron chi connectivity index (χ4n) is 5.97. The number of amides is 2. The quantitative estimate of drug-likeness (QED) is 0.406. The molecule has 3 aliphatic rings. The molecule has 2 amide bonds. The van der Waals surface area contributed by atoms with Crippen LogP contribution in [0.2, 0.25) is 0 Å². The minimum atomic E-state index is -0.252. The molecule has 7 heteroatoms. The van der Waals surface area contributed by atoms with Gasteiger partial charge in [-0.25, -0.2) is 0 Å². The van der Waals surface area contributed by atoms with E-state index in [1.165, 1.54) is 23.3 Å². The Bertz CT molecular complexity index is 1350. The highest BCUT2D eigenvalue weighted by Crippen LogP contribution is 2.45. The number of nitrogens with zero attached hydrogens (tertiary/aromatic N) is 3. The van der Waals surface area contributed by atoms with Gasteiger partial charge >= 0.3 is 0 Å². The first kappa shape index (κ1) is 24.5. The van der Waals surface area contributed by atoms with E-state index >= 15 is 0 Å². The van der Waals surface area contributed by atoms with Crippen LogP contribution < -0.4 is 14.4 Å². The molecule has 3 aromatic carbocycles. The summed E-state index contributed by atoms with van der Waals surface area (Å²) in [6.07, 6.45) is 2.58. The molecular weight excluding hydrogens is 478 g/mol. The van der Waals surface area contributed by atoms with Crippen LogP contribution in [0.1, 0.15) is 50.7 Å². The number of carbonyl (C=O) groups is 2. The van der Waals surface area contributed by atoms with Gasteiger partial charge in [0.1, 0.15) is 0 Å². The van der Waals surface area contributed by atoms with E-state index in [1.807, 2.05) is 24.3 Å².